The number of carbonyl (C=O) groups is 2. The van der Waals surface area contributed by atoms with Gasteiger partial charge in [-0.25, -0.2) is 4.79 Å². The zero-order chi connectivity index (χ0) is 12.9. The van der Waals surface area contributed by atoms with Gasteiger partial charge in [-0.2, -0.15) is 11.8 Å². The molecular weight excluding hydrogens is 244 g/mol. The van der Waals surface area contributed by atoms with Crippen molar-refractivity contribution >= 4 is 23.6 Å². The fourth-order valence-electron chi connectivity index (χ4n) is 1.55. The molecule has 0 aromatic heterocycles. The molecule has 1 saturated heterocycles. The smallest absolute Gasteiger partial charge is 0.326 e. The van der Waals surface area contributed by atoms with Crippen LogP contribution < -0.4 is 11.1 Å². The Hall–Kier alpha value is -0.790. The van der Waals surface area contributed by atoms with Crippen molar-refractivity contribution in [2.45, 2.75) is 24.4 Å². The minimum absolute atomic E-state index is 0.147. The second kappa shape index (κ2) is 6.23. The molecular formula is C10H18N2O4S. The van der Waals surface area contributed by atoms with Crippen molar-refractivity contribution in [2.75, 3.05) is 25.2 Å². The molecule has 6 nitrogen and oxygen atoms in total. The summed E-state index contributed by atoms with van der Waals surface area (Å²) in [6.07, 6.45) is 2.70. The lowest BCUT2D eigenvalue weighted by Gasteiger charge is -2.23. The second-order valence-corrected chi connectivity index (χ2v) is 5.09. The summed E-state index contributed by atoms with van der Waals surface area (Å²) in [6.45, 7) is 0.584. The zero-order valence-electron chi connectivity index (χ0n) is 9.77. The molecule has 7 heteroatoms. The van der Waals surface area contributed by atoms with Gasteiger partial charge in [0.05, 0.1) is 6.61 Å². The van der Waals surface area contributed by atoms with Gasteiger partial charge in [0.15, 0.2) is 0 Å². The predicted molar refractivity (Wildman–Crippen MR) is 64.9 cm³/mol. The van der Waals surface area contributed by atoms with Gasteiger partial charge in [-0.3, -0.25) is 4.79 Å². The van der Waals surface area contributed by atoms with Gasteiger partial charge in [-0.05, 0) is 24.9 Å². The van der Waals surface area contributed by atoms with E-state index in [0.717, 1.165) is 0 Å². The quantitative estimate of drug-likeness (QED) is 0.592. The topological polar surface area (TPSA) is 102 Å². The number of nitrogens with two attached hydrogens (primary N) is 1. The van der Waals surface area contributed by atoms with Crippen molar-refractivity contribution in [1.82, 2.24) is 5.32 Å². The Morgan fingerprint density at radius 1 is 1.65 bits per heavy atom. The summed E-state index contributed by atoms with van der Waals surface area (Å²) in [5.41, 5.74) is 4.77. The van der Waals surface area contributed by atoms with E-state index in [-0.39, 0.29) is 6.61 Å². The highest BCUT2D eigenvalue weighted by molar-refractivity contribution is 7.98. The summed E-state index contributed by atoms with van der Waals surface area (Å²) in [4.78, 5) is 22.8. The first-order valence-corrected chi connectivity index (χ1v) is 6.78. The number of rotatable bonds is 6. The van der Waals surface area contributed by atoms with Gasteiger partial charge in [0.1, 0.15) is 11.6 Å². The van der Waals surface area contributed by atoms with E-state index in [9.17, 15) is 9.59 Å². The number of amides is 1. The predicted octanol–water partition coefficient (Wildman–Crippen LogP) is -0.573. The molecule has 0 bridgehead atoms. The number of hydrogen-bond acceptors (Lipinski definition) is 5. The molecule has 1 unspecified atom stereocenters. The van der Waals surface area contributed by atoms with Crippen LogP contribution in [0.15, 0.2) is 0 Å². The van der Waals surface area contributed by atoms with Gasteiger partial charge in [0, 0.05) is 6.61 Å². The molecule has 0 aromatic carbocycles. The maximum absolute atomic E-state index is 11.9. The molecule has 0 aromatic rings. The van der Waals surface area contributed by atoms with Crippen LogP contribution in [0.25, 0.3) is 0 Å². The Kier molecular flexibility index (Phi) is 5.23. The zero-order valence-corrected chi connectivity index (χ0v) is 10.6. The molecule has 0 radical (unpaired) electrons. The van der Waals surface area contributed by atoms with Crippen molar-refractivity contribution in [3.63, 3.8) is 0 Å². The molecule has 1 heterocycles. The van der Waals surface area contributed by atoms with E-state index >= 15 is 0 Å². The van der Waals surface area contributed by atoms with Gasteiger partial charge in [-0.1, -0.05) is 0 Å². The monoisotopic (exact) mass is 262 g/mol. The number of hydrogen-bond donors (Lipinski definition) is 3. The number of carbonyl (C=O) groups excluding carboxylic acids is 1. The fraction of sp³-hybridized carbons (Fsp3) is 0.800. The number of aliphatic carboxylic acids is 1. The van der Waals surface area contributed by atoms with Gasteiger partial charge in [0.25, 0.3) is 0 Å². The van der Waals surface area contributed by atoms with E-state index < -0.39 is 23.5 Å². The third-order valence-electron chi connectivity index (χ3n) is 2.72. The van der Waals surface area contributed by atoms with Crippen LogP contribution in [-0.4, -0.2) is 53.8 Å². The Balaban J connectivity index is 2.54. The van der Waals surface area contributed by atoms with E-state index in [2.05, 4.69) is 5.32 Å². The summed E-state index contributed by atoms with van der Waals surface area (Å²) in [5, 5.41) is 11.5. The average molecular weight is 262 g/mol. The molecule has 0 saturated carbocycles. The molecule has 1 rings (SSSR count). The van der Waals surface area contributed by atoms with Gasteiger partial charge < -0.3 is 20.9 Å². The molecule has 1 aliphatic heterocycles. The summed E-state index contributed by atoms with van der Waals surface area (Å²) in [5.74, 6) is -0.802. The first-order valence-electron chi connectivity index (χ1n) is 5.39. The Labute approximate surface area is 104 Å². The van der Waals surface area contributed by atoms with Crippen LogP contribution in [0.1, 0.15) is 12.8 Å². The maximum atomic E-state index is 11.9. The van der Waals surface area contributed by atoms with Crippen LogP contribution in [-0.2, 0) is 14.3 Å². The first-order chi connectivity index (χ1) is 7.99. The van der Waals surface area contributed by atoms with Crippen molar-refractivity contribution in [3.05, 3.63) is 0 Å². The third kappa shape index (κ3) is 3.86. The minimum atomic E-state index is -1.08. The van der Waals surface area contributed by atoms with E-state index in [0.29, 0.717) is 25.2 Å². The number of carboxylic acids is 1. The van der Waals surface area contributed by atoms with Crippen LogP contribution in [0.3, 0.4) is 0 Å². The van der Waals surface area contributed by atoms with E-state index in [1.54, 1.807) is 0 Å². The molecule has 17 heavy (non-hydrogen) atoms. The molecule has 0 spiro atoms. The molecule has 0 aliphatic carbocycles. The normalized spacial score (nSPS) is 25.5. The second-order valence-electron chi connectivity index (χ2n) is 4.10. The maximum Gasteiger partial charge on any atom is 0.326 e. The molecule has 1 aliphatic rings. The first kappa shape index (κ1) is 14.3. The Morgan fingerprint density at radius 3 is 2.82 bits per heavy atom. The van der Waals surface area contributed by atoms with Crippen LogP contribution in [0.4, 0.5) is 0 Å². The van der Waals surface area contributed by atoms with Gasteiger partial charge in [-0.15, -0.1) is 0 Å². The van der Waals surface area contributed by atoms with Crippen molar-refractivity contribution < 1.29 is 19.4 Å². The van der Waals surface area contributed by atoms with E-state index in [1.165, 1.54) is 11.8 Å². The van der Waals surface area contributed by atoms with E-state index in [4.69, 9.17) is 15.6 Å². The van der Waals surface area contributed by atoms with Crippen LogP contribution in [0.2, 0.25) is 0 Å². The van der Waals surface area contributed by atoms with Crippen molar-refractivity contribution in [1.29, 1.82) is 0 Å². The fourth-order valence-corrected chi connectivity index (χ4v) is 2.03. The van der Waals surface area contributed by atoms with Crippen LogP contribution in [0, 0.1) is 0 Å². The van der Waals surface area contributed by atoms with Gasteiger partial charge in [0.2, 0.25) is 5.91 Å². The lowest BCUT2D eigenvalue weighted by atomic mass is 9.98. The Morgan fingerprint density at radius 2 is 2.35 bits per heavy atom. The average Bonchev–Trinajstić information content (AvgIpc) is 2.72. The van der Waals surface area contributed by atoms with Crippen molar-refractivity contribution in [2.24, 2.45) is 5.73 Å². The molecule has 98 valence electrons. The summed E-state index contributed by atoms with van der Waals surface area (Å²) < 4.78 is 5.07. The van der Waals surface area contributed by atoms with Crippen molar-refractivity contribution in [3.8, 4) is 0 Å². The highest BCUT2D eigenvalue weighted by Gasteiger charge is 2.39. The molecule has 4 N–H and O–H groups in total. The SMILES string of the molecule is CSCC[C@H](NC(=O)C1(N)CCOC1)C(=O)O. The highest BCUT2D eigenvalue weighted by Crippen LogP contribution is 2.16. The molecule has 1 fully saturated rings. The third-order valence-corrected chi connectivity index (χ3v) is 3.36. The summed E-state index contributed by atoms with van der Waals surface area (Å²) in [7, 11) is 0. The number of nitrogens with one attached hydrogen (secondary N) is 1. The lowest BCUT2D eigenvalue weighted by Crippen LogP contribution is -2.58. The molecule has 2 atom stereocenters. The standard InChI is InChI=1S/C10H18N2O4S/c1-17-5-2-7(8(13)14)12-9(15)10(11)3-4-16-6-10/h7H,2-6,11H2,1H3,(H,12,15)(H,13,14)/t7-,10?/m0/s1. The van der Waals surface area contributed by atoms with E-state index in [1.807, 2.05) is 6.26 Å². The summed E-state index contributed by atoms with van der Waals surface area (Å²) >= 11 is 1.54. The number of ether oxygens (including phenoxy) is 1. The van der Waals surface area contributed by atoms with Crippen LogP contribution in [0.5, 0.6) is 0 Å². The largest absolute Gasteiger partial charge is 0.480 e. The summed E-state index contributed by atoms with van der Waals surface area (Å²) in [6, 6.07) is -0.879. The minimum Gasteiger partial charge on any atom is -0.480 e. The lowest BCUT2D eigenvalue weighted by molar-refractivity contribution is -0.142. The highest BCUT2D eigenvalue weighted by atomic mass is 32.2. The molecule has 1 amide bonds. The Bertz CT molecular complexity index is 292. The number of thioether (sulfide) groups is 1. The van der Waals surface area contributed by atoms with Gasteiger partial charge >= 0.3 is 5.97 Å². The number of carboxylic acid groups (broad SMARTS) is 1. The van der Waals surface area contributed by atoms with Crippen LogP contribution >= 0.6 is 11.8 Å².